The molecule has 0 spiro atoms. The lowest BCUT2D eigenvalue weighted by atomic mass is 10.3. The van der Waals surface area contributed by atoms with Crippen LogP contribution in [0.5, 0.6) is 0 Å². The number of furan rings is 1. The van der Waals surface area contributed by atoms with Crippen molar-refractivity contribution in [3.05, 3.63) is 45.8 Å². The van der Waals surface area contributed by atoms with Crippen molar-refractivity contribution in [1.29, 1.82) is 0 Å². The Morgan fingerprint density at radius 2 is 2.13 bits per heavy atom. The molecule has 7 nitrogen and oxygen atoms in total. The minimum atomic E-state index is -0.482. The zero-order valence-electron chi connectivity index (χ0n) is 13.7. The van der Waals surface area contributed by atoms with Crippen LogP contribution in [0.15, 0.2) is 28.6 Å². The molecule has 0 saturated carbocycles. The van der Waals surface area contributed by atoms with Crippen LogP contribution in [-0.2, 0) is 12.2 Å². The number of nitrogens with zero attached hydrogens (tertiary/aromatic N) is 2. The van der Waals surface area contributed by atoms with Gasteiger partial charge in [-0.25, -0.2) is 0 Å². The molecule has 9 heteroatoms. The van der Waals surface area contributed by atoms with Crippen molar-refractivity contribution in [2.24, 2.45) is 0 Å². The molecule has 132 valence electrons. The van der Waals surface area contributed by atoms with Crippen molar-refractivity contribution in [3.8, 4) is 0 Å². The Labute approximate surface area is 147 Å². The third-order valence-electron chi connectivity index (χ3n) is 2.83. The van der Waals surface area contributed by atoms with Crippen LogP contribution in [0.1, 0.15) is 11.5 Å². The summed E-state index contributed by atoms with van der Waals surface area (Å²) in [6.07, 6.45) is 1.84. The van der Waals surface area contributed by atoms with Crippen LogP contribution in [-0.4, -0.2) is 49.8 Å². The van der Waals surface area contributed by atoms with E-state index in [2.05, 4.69) is 15.5 Å². The molecule has 0 saturated heterocycles. The number of hydrogen-bond donors (Lipinski definition) is 2. The van der Waals surface area contributed by atoms with Crippen molar-refractivity contribution in [2.45, 2.75) is 12.2 Å². The van der Waals surface area contributed by atoms with Crippen LogP contribution in [0, 0.1) is 10.1 Å². The summed E-state index contributed by atoms with van der Waals surface area (Å²) in [6, 6.07) is 4.04. The summed E-state index contributed by atoms with van der Waals surface area (Å²) in [5.74, 6) is 4.03. The highest BCUT2D eigenvalue weighted by molar-refractivity contribution is 7.98. The van der Waals surface area contributed by atoms with Gasteiger partial charge in [0.05, 0.1) is 10.7 Å². The number of likely N-dealkylation sites (N-methyl/N-ethyl adjacent to an activating group) is 1. The fourth-order valence-electron chi connectivity index (χ4n) is 1.70. The number of rotatable bonds is 11. The molecule has 0 aromatic carbocycles. The van der Waals surface area contributed by atoms with Gasteiger partial charge in [-0.15, -0.1) is 12.4 Å². The van der Waals surface area contributed by atoms with E-state index in [1.54, 1.807) is 18.8 Å². The fourth-order valence-corrected chi connectivity index (χ4v) is 2.45. The molecule has 1 heterocycles. The molecule has 0 radical (unpaired) electrons. The number of thioether (sulfide) groups is 1. The second kappa shape index (κ2) is 12.1. The van der Waals surface area contributed by atoms with Gasteiger partial charge in [0, 0.05) is 32.3 Å². The second-order valence-electron chi connectivity index (χ2n) is 4.98. The highest BCUT2D eigenvalue weighted by Crippen LogP contribution is 2.15. The lowest BCUT2D eigenvalue weighted by molar-refractivity contribution is -0.404. The minimum Gasteiger partial charge on any atom is -0.465 e. The van der Waals surface area contributed by atoms with Crippen molar-refractivity contribution < 1.29 is 9.34 Å². The molecular weight excluding hydrogens is 340 g/mol. The van der Waals surface area contributed by atoms with E-state index in [0.29, 0.717) is 12.4 Å². The molecule has 23 heavy (non-hydrogen) atoms. The van der Waals surface area contributed by atoms with Crippen LogP contribution < -0.4 is 10.6 Å². The maximum absolute atomic E-state index is 10.4. The molecule has 1 aromatic heterocycles. The summed E-state index contributed by atoms with van der Waals surface area (Å²) in [5, 5.41) is 16.1. The Hall–Kier alpha value is -1.38. The Kier molecular flexibility index (Phi) is 11.4. The normalized spacial score (nSPS) is 11.2. The van der Waals surface area contributed by atoms with Gasteiger partial charge in [-0.3, -0.25) is 10.1 Å². The Morgan fingerprint density at radius 1 is 1.43 bits per heavy atom. The van der Waals surface area contributed by atoms with E-state index in [-0.39, 0.29) is 12.4 Å². The lowest BCUT2D eigenvalue weighted by Gasteiger charge is -2.07. The molecule has 1 aromatic rings. The summed E-state index contributed by atoms with van der Waals surface area (Å²) in [5.41, 5.74) is 0. The summed E-state index contributed by atoms with van der Waals surface area (Å²) < 4.78 is 5.75. The number of hydrogen-bond acceptors (Lipinski definition) is 7. The average Bonchev–Trinajstić information content (AvgIpc) is 2.91. The van der Waals surface area contributed by atoms with E-state index in [1.165, 1.54) is 0 Å². The maximum atomic E-state index is 10.4. The average molecular weight is 365 g/mol. The molecule has 1 rings (SSSR count). The maximum Gasteiger partial charge on any atom is 0.274 e. The summed E-state index contributed by atoms with van der Waals surface area (Å²) in [6.45, 7) is 1.62. The van der Waals surface area contributed by atoms with Gasteiger partial charge in [-0.2, -0.15) is 11.8 Å². The second-order valence-corrected chi connectivity index (χ2v) is 6.08. The molecule has 0 atom stereocenters. The Balaban J connectivity index is 0.00000484. The summed E-state index contributed by atoms with van der Waals surface area (Å²) in [4.78, 5) is 12.0. The molecule has 0 aliphatic heterocycles. The van der Waals surface area contributed by atoms with Crippen molar-refractivity contribution in [2.75, 3.05) is 40.0 Å². The molecule has 0 aliphatic rings. The standard InChI is InChI=1S/C14H24N4O3S.ClH/c1-15-14(10-18(19)20)16-7-9-22-11-13-5-4-12(21-13)6-8-17(2)3;/h4-5,10,15-16H,6-9,11H2,1-3H3;1H. The molecule has 0 amide bonds. The minimum absolute atomic E-state index is 0. The Bertz CT molecular complexity index is 494. The number of halogens is 1. The first kappa shape index (κ1) is 21.6. The third-order valence-corrected chi connectivity index (χ3v) is 3.81. The molecule has 0 bridgehead atoms. The fraction of sp³-hybridized carbons (Fsp3) is 0.571. The monoisotopic (exact) mass is 364 g/mol. The first-order chi connectivity index (χ1) is 10.5. The van der Waals surface area contributed by atoms with Gasteiger partial charge in [-0.1, -0.05) is 0 Å². The van der Waals surface area contributed by atoms with E-state index in [9.17, 15) is 10.1 Å². The summed E-state index contributed by atoms with van der Waals surface area (Å²) >= 11 is 1.72. The third kappa shape index (κ3) is 10.1. The van der Waals surface area contributed by atoms with Crippen LogP contribution in [0.2, 0.25) is 0 Å². The zero-order valence-corrected chi connectivity index (χ0v) is 15.3. The van der Waals surface area contributed by atoms with Gasteiger partial charge in [0.1, 0.15) is 11.5 Å². The van der Waals surface area contributed by atoms with Crippen LogP contribution >= 0.6 is 24.2 Å². The number of nitro groups is 1. The van der Waals surface area contributed by atoms with Gasteiger partial charge in [-0.05, 0) is 26.2 Å². The molecule has 2 N–H and O–H groups in total. The van der Waals surface area contributed by atoms with E-state index < -0.39 is 4.92 Å². The van der Waals surface area contributed by atoms with E-state index in [0.717, 1.165) is 42.2 Å². The van der Waals surface area contributed by atoms with Gasteiger partial charge >= 0.3 is 0 Å². The van der Waals surface area contributed by atoms with Crippen LogP contribution in [0.4, 0.5) is 0 Å². The largest absolute Gasteiger partial charge is 0.465 e. The molecule has 0 fully saturated rings. The number of nitrogens with one attached hydrogen (secondary N) is 2. The highest BCUT2D eigenvalue weighted by Gasteiger charge is 2.04. The van der Waals surface area contributed by atoms with Crippen LogP contribution in [0.25, 0.3) is 0 Å². The van der Waals surface area contributed by atoms with Crippen molar-refractivity contribution in [1.82, 2.24) is 15.5 Å². The topological polar surface area (TPSA) is 83.6 Å². The predicted molar refractivity (Wildman–Crippen MR) is 96.5 cm³/mol. The van der Waals surface area contributed by atoms with E-state index in [4.69, 9.17) is 4.42 Å². The smallest absolute Gasteiger partial charge is 0.274 e. The SMILES string of the molecule is CNC(=C[N+](=O)[O-])NCCSCc1ccc(CCN(C)C)o1.Cl. The Morgan fingerprint density at radius 3 is 2.74 bits per heavy atom. The van der Waals surface area contributed by atoms with Crippen LogP contribution in [0.3, 0.4) is 0 Å². The lowest BCUT2D eigenvalue weighted by Crippen LogP contribution is -2.26. The van der Waals surface area contributed by atoms with E-state index >= 15 is 0 Å². The van der Waals surface area contributed by atoms with Gasteiger partial charge in [0.15, 0.2) is 5.82 Å². The molecule has 0 aliphatic carbocycles. The van der Waals surface area contributed by atoms with Gasteiger partial charge < -0.3 is 20.0 Å². The van der Waals surface area contributed by atoms with Crippen molar-refractivity contribution in [3.63, 3.8) is 0 Å². The molecule has 0 unspecified atom stereocenters. The highest BCUT2D eigenvalue weighted by atomic mass is 35.5. The quantitative estimate of drug-likeness (QED) is 0.352. The molecular formula is C14H25ClN4O3S. The first-order valence-corrected chi connectivity index (χ1v) is 8.23. The van der Waals surface area contributed by atoms with Gasteiger partial charge in [0.2, 0.25) is 0 Å². The van der Waals surface area contributed by atoms with Crippen molar-refractivity contribution >= 4 is 24.2 Å². The summed E-state index contributed by atoms with van der Waals surface area (Å²) in [7, 11) is 5.73. The first-order valence-electron chi connectivity index (χ1n) is 7.08. The van der Waals surface area contributed by atoms with E-state index in [1.807, 2.05) is 26.2 Å². The van der Waals surface area contributed by atoms with Gasteiger partial charge in [0.25, 0.3) is 6.20 Å². The zero-order chi connectivity index (χ0) is 16.4. The predicted octanol–water partition coefficient (Wildman–Crippen LogP) is 1.92.